The predicted octanol–water partition coefficient (Wildman–Crippen LogP) is 3.36. The highest BCUT2D eigenvalue weighted by Crippen LogP contribution is 2.24. The topological polar surface area (TPSA) is 137 Å². The lowest BCUT2D eigenvalue weighted by molar-refractivity contribution is -0.193. The van der Waals surface area contributed by atoms with Crippen molar-refractivity contribution in [3.05, 3.63) is 47.4 Å². The summed E-state index contributed by atoms with van der Waals surface area (Å²) >= 11 is 0. The zero-order chi connectivity index (χ0) is 30.0. The number of amides is 1. The van der Waals surface area contributed by atoms with Crippen LogP contribution in [0.4, 0.5) is 36.6 Å². The summed E-state index contributed by atoms with van der Waals surface area (Å²) in [6, 6.07) is 2.73. The largest absolute Gasteiger partial charge is 0.490 e. The van der Waals surface area contributed by atoms with Crippen molar-refractivity contribution < 1.29 is 55.3 Å². The fourth-order valence-corrected chi connectivity index (χ4v) is 3.23. The van der Waals surface area contributed by atoms with Gasteiger partial charge in [0.1, 0.15) is 12.1 Å². The Kier molecular flexibility index (Phi) is 12.0. The van der Waals surface area contributed by atoms with Crippen LogP contribution in [0, 0.1) is 5.95 Å². The summed E-state index contributed by atoms with van der Waals surface area (Å²) in [5.41, 5.74) is 2.43. The lowest BCUT2D eigenvalue weighted by Gasteiger charge is -2.23. The standard InChI is InChI=1S/C18H22FN5O.2C2HF3O2/c1-3-23(4-2)17-14-6-9-24(10-7-15(14)21-12-22-17)18(25)13-5-8-20-16(19)11-13;2*3-2(4,5)1(6)7/h5,8,11-12H,3-4,6-7,9-10H2,1-2H3;2*(H,6,7). The number of carboxylic acid groups (broad SMARTS) is 2. The number of aliphatic carboxylic acids is 2. The highest BCUT2D eigenvalue weighted by atomic mass is 19.4. The first-order chi connectivity index (χ1) is 18.0. The summed E-state index contributed by atoms with van der Waals surface area (Å²) in [4.78, 5) is 46.8. The van der Waals surface area contributed by atoms with Gasteiger partial charge in [-0.1, -0.05) is 0 Å². The number of fused-ring (bicyclic) bond motifs is 1. The maximum absolute atomic E-state index is 13.3. The zero-order valence-corrected chi connectivity index (χ0v) is 20.6. The molecule has 2 aromatic rings. The van der Waals surface area contributed by atoms with Crippen LogP contribution in [-0.2, 0) is 22.4 Å². The molecule has 0 saturated carbocycles. The van der Waals surface area contributed by atoms with E-state index < -0.39 is 30.2 Å². The third kappa shape index (κ3) is 10.3. The van der Waals surface area contributed by atoms with E-state index in [-0.39, 0.29) is 5.91 Å². The first-order valence-corrected chi connectivity index (χ1v) is 11.1. The lowest BCUT2D eigenvalue weighted by Crippen LogP contribution is -2.33. The molecule has 0 radical (unpaired) electrons. The van der Waals surface area contributed by atoms with E-state index in [1.807, 2.05) is 0 Å². The van der Waals surface area contributed by atoms with Crippen LogP contribution in [-0.4, -0.2) is 86.4 Å². The zero-order valence-electron chi connectivity index (χ0n) is 20.6. The van der Waals surface area contributed by atoms with E-state index in [9.17, 15) is 35.5 Å². The second-order valence-electron chi connectivity index (χ2n) is 7.56. The third-order valence-corrected chi connectivity index (χ3v) is 5.07. The molecule has 0 unspecified atom stereocenters. The Morgan fingerprint density at radius 1 is 0.923 bits per heavy atom. The number of pyridine rings is 1. The van der Waals surface area contributed by atoms with Gasteiger partial charge >= 0.3 is 24.3 Å². The number of carboxylic acids is 2. The van der Waals surface area contributed by atoms with Gasteiger partial charge in [0, 0.05) is 56.0 Å². The monoisotopic (exact) mass is 571 g/mol. The number of anilines is 1. The maximum Gasteiger partial charge on any atom is 0.490 e. The number of hydrogen-bond donors (Lipinski definition) is 2. The van der Waals surface area contributed by atoms with Crippen molar-refractivity contribution in [3.63, 3.8) is 0 Å². The van der Waals surface area contributed by atoms with Crippen molar-refractivity contribution in [2.45, 2.75) is 39.0 Å². The van der Waals surface area contributed by atoms with Crippen LogP contribution in [0.3, 0.4) is 0 Å². The van der Waals surface area contributed by atoms with Crippen LogP contribution in [0.1, 0.15) is 35.5 Å². The Morgan fingerprint density at radius 2 is 1.44 bits per heavy atom. The van der Waals surface area contributed by atoms with Gasteiger partial charge < -0.3 is 20.0 Å². The number of halogens is 7. The quantitative estimate of drug-likeness (QED) is 0.418. The van der Waals surface area contributed by atoms with E-state index in [0.717, 1.165) is 30.2 Å². The van der Waals surface area contributed by atoms with Crippen LogP contribution in [0.2, 0.25) is 0 Å². The molecule has 0 fully saturated rings. The van der Waals surface area contributed by atoms with E-state index in [1.54, 1.807) is 17.3 Å². The van der Waals surface area contributed by atoms with Gasteiger partial charge in [-0.2, -0.15) is 30.7 Å². The first kappa shape index (κ1) is 33.0. The molecule has 0 aromatic carbocycles. The van der Waals surface area contributed by atoms with Gasteiger partial charge in [-0.05, 0) is 26.3 Å². The average Bonchev–Trinajstić information content (AvgIpc) is 3.07. The summed E-state index contributed by atoms with van der Waals surface area (Å²) in [5, 5.41) is 14.2. The van der Waals surface area contributed by atoms with E-state index in [0.29, 0.717) is 31.5 Å². The van der Waals surface area contributed by atoms with E-state index >= 15 is 0 Å². The van der Waals surface area contributed by atoms with Crippen molar-refractivity contribution in [3.8, 4) is 0 Å². The second kappa shape index (κ2) is 14.2. The lowest BCUT2D eigenvalue weighted by atomic mass is 10.1. The van der Waals surface area contributed by atoms with Crippen LogP contribution in [0.5, 0.6) is 0 Å². The van der Waals surface area contributed by atoms with Gasteiger partial charge in [0.2, 0.25) is 5.95 Å². The van der Waals surface area contributed by atoms with Gasteiger partial charge in [0.15, 0.2) is 0 Å². The van der Waals surface area contributed by atoms with Gasteiger partial charge in [0.25, 0.3) is 5.91 Å². The van der Waals surface area contributed by atoms with E-state index in [1.165, 1.54) is 12.3 Å². The number of nitrogens with zero attached hydrogens (tertiary/aromatic N) is 5. The molecule has 3 rings (SSSR count). The van der Waals surface area contributed by atoms with Crippen LogP contribution < -0.4 is 4.90 Å². The van der Waals surface area contributed by atoms with Gasteiger partial charge in [0.05, 0.1) is 5.69 Å². The minimum atomic E-state index is -5.08. The molecule has 216 valence electrons. The molecule has 0 aliphatic carbocycles. The minimum absolute atomic E-state index is 0.175. The smallest absolute Gasteiger partial charge is 0.475 e. The summed E-state index contributed by atoms with van der Waals surface area (Å²) in [6.07, 6.45) is -5.88. The predicted molar refractivity (Wildman–Crippen MR) is 120 cm³/mol. The Labute approximate surface area is 217 Å². The second-order valence-corrected chi connectivity index (χ2v) is 7.56. The van der Waals surface area contributed by atoms with Gasteiger partial charge in [-0.25, -0.2) is 24.5 Å². The average molecular weight is 571 g/mol. The first-order valence-electron chi connectivity index (χ1n) is 11.1. The molecule has 0 bridgehead atoms. The number of carbonyl (C=O) groups is 3. The molecule has 17 heteroatoms. The summed E-state index contributed by atoms with van der Waals surface area (Å²) < 4.78 is 76.8. The molecule has 1 amide bonds. The number of aromatic nitrogens is 3. The summed E-state index contributed by atoms with van der Waals surface area (Å²) in [5.74, 6) is -5.37. The van der Waals surface area contributed by atoms with E-state index in [2.05, 4.69) is 33.7 Å². The highest BCUT2D eigenvalue weighted by Gasteiger charge is 2.38. The van der Waals surface area contributed by atoms with Crippen molar-refractivity contribution in [1.29, 1.82) is 0 Å². The molecule has 0 atom stereocenters. The Hall–Kier alpha value is -4.05. The summed E-state index contributed by atoms with van der Waals surface area (Å²) in [7, 11) is 0. The number of rotatable bonds is 4. The molecule has 1 aliphatic rings. The third-order valence-electron chi connectivity index (χ3n) is 5.07. The van der Waals surface area contributed by atoms with Crippen molar-refractivity contribution in [2.75, 3.05) is 31.1 Å². The normalized spacial score (nSPS) is 13.0. The van der Waals surface area contributed by atoms with Crippen LogP contribution in [0.15, 0.2) is 24.7 Å². The number of carbonyl (C=O) groups excluding carboxylic acids is 1. The molecule has 3 heterocycles. The fraction of sp³-hybridized carbons (Fsp3) is 0.455. The van der Waals surface area contributed by atoms with Gasteiger partial charge in [-0.15, -0.1) is 0 Å². The fourth-order valence-electron chi connectivity index (χ4n) is 3.23. The van der Waals surface area contributed by atoms with E-state index in [4.69, 9.17) is 19.8 Å². The molecule has 0 spiro atoms. The van der Waals surface area contributed by atoms with Crippen molar-refractivity contribution >= 4 is 23.7 Å². The molecule has 1 aliphatic heterocycles. The Morgan fingerprint density at radius 3 is 1.90 bits per heavy atom. The molecule has 10 nitrogen and oxygen atoms in total. The highest BCUT2D eigenvalue weighted by molar-refractivity contribution is 5.94. The molecule has 39 heavy (non-hydrogen) atoms. The Balaban J connectivity index is 0.000000449. The molecular weight excluding hydrogens is 547 g/mol. The Bertz CT molecular complexity index is 1120. The SMILES string of the molecule is CCN(CC)c1ncnc2c1CCN(C(=O)c1ccnc(F)c1)CC2.O=C(O)C(F)(F)F.O=C(O)C(F)(F)F. The maximum atomic E-state index is 13.3. The summed E-state index contributed by atoms with van der Waals surface area (Å²) in [6.45, 7) is 7.07. The molecule has 2 N–H and O–H groups in total. The van der Waals surface area contributed by atoms with Gasteiger partial charge in [-0.3, -0.25) is 4.79 Å². The molecule has 0 saturated heterocycles. The molecule has 2 aromatic heterocycles. The van der Waals surface area contributed by atoms with Crippen LogP contribution in [0.25, 0.3) is 0 Å². The van der Waals surface area contributed by atoms with Crippen molar-refractivity contribution in [2.24, 2.45) is 0 Å². The minimum Gasteiger partial charge on any atom is -0.475 e. The number of hydrogen-bond acceptors (Lipinski definition) is 7. The number of alkyl halides is 6. The molecular formula is C22H24F7N5O5. The van der Waals surface area contributed by atoms with Crippen LogP contribution >= 0.6 is 0 Å². The van der Waals surface area contributed by atoms with Crippen molar-refractivity contribution in [1.82, 2.24) is 19.9 Å².